The molecule has 0 aliphatic carbocycles. The van der Waals surface area contributed by atoms with Gasteiger partial charge in [0.05, 0.1) is 0 Å². The summed E-state index contributed by atoms with van der Waals surface area (Å²) in [6.07, 6.45) is 4.23. The van der Waals surface area contributed by atoms with Crippen molar-refractivity contribution in [1.82, 2.24) is 4.98 Å². The summed E-state index contributed by atoms with van der Waals surface area (Å²) in [4.78, 5) is 14.5. The number of fused-ring (bicyclic) bond motifs is 1. The van der Waals surface area contributed by atoms with E-state index in [1.54, 1.807) is 6.20 Å². The van der Waals surface area contributed by atoms with Crippen molar-refractivity contribution in [3.8, 4) is 6.07 Å². The molecule has 1 atom stereocenters. The number of benzene rings is 1. The first kappa shape index (κ1) is 17.6. The van der Waals surface area contributed by atoms with Gasteiger partial charge in [-0.3, -0.25) is 0 Å². The molecule has 1 saturated heterocycles. The number of carbonyl (C=O) groups excluding carboxylic acids is 1. The monoisotopic (exact) mass is 297 g/mol. The second-order valence-corrected chi connectivity index (χ2v) is 4.86. The second-order valence-electron chi connectivity index (χ2n) is 4.86. The minimum Gasteiger partial charge on any atom is -0.369 e. The SMILES string of the molecule is C=O.CC.C[C@H]1CCCN1c1ccc2c(C#N)nccc2c1. The standard InChI is InChI=1S/C15H15N3.C2H6.CH2O/c1-11-3-2-8-18(11)13-4-5-14-12(9-13)6-7-17-15(14)10-16;2*1-2/h4-7,9,11H,2-3,8H2,1H3;1-2H3;1H2/t11-;;/m0../s1. The summed E-state index contributed by atoms with van der Waals surface area (Å²) in [6, 6.07) is 11.0. The molecule has 2 aromatic rings. The third-order valence-corrected chi connectivity index (χ3v) is 3.74. The van der Waals surface area contributed by atoms with Crippen LogP contribution in [0, 0.1) is 11.3 Å². The maximum Gasteiger partial charge on any atom is 0.148 e. The molecule has 0 radical (unpaired) electrons. The number of hydrogen-bond donors (Lipinski definition) is 0. The first-order chi connectivity index (χ1) is 10.8. The number of nitrogens with zero attached hydrogens (tertiary/aromatic N) is 3. The smallest absolute Gasteiger partial charge is 0.148 e. The molecule has 0 saturated carbocycles. The molecule has 2 heterocycles. The Kier molecular flexibility index (Phi) is 7.04. The highest BCUT2D eigenvalue weighted by Gasteiger charge is 2.20. The molecule has 1 aliphatic heterocycles. The molecule has 0 N–H and O–H groups in total. The number of nitriles is 1. The van der Waals surface area contributed by atoms with Crippen LogP contribution in [0.15, 0.2) is 30.5 Å². The third-order valence-electron chi connectivity index (χ3n) is 3.74. The molecule has 22 heavy (non-hydrogen) atoms. The van der Waals surface area contributed by atoms with Crippen molar-refractivity contribution in [1.29, 1.82) is 5.26 Å². The summed E-state index contributed by atoms with van der Waals surface area (Å²) in [6.45, 7) is 9.40. The van der Waals surface area contributed by atoms with Gasteiger partial charge in [-0.1, -0.05) is 13.8 Å². The Morgan fingerprint density at radius 2 is 2.05 bits per heavy atom. The van der Waals surface area contributed by atoms with Gasteiger partial charge in [-0.15, -0.1) is 0 Å². The van der Waals surface area contributed by atoms with Crippen molar-refractivity contribution < 1.29 is 4.79 Å². The number of hydrogen-bond acceptors (Lipinski definition) is 4. The maximum absolute atomic E-state index is 9.04. The van der Waals surface area contributed by atoms with E-state index in [-0.39, 0.29) is 0 Å². The van der Waals surface area contributed by atoms with Crippen LogP contribution in [0.5, 0.6) is 0 Å². The number of rotatable bonds is 1. The van der Waals surface area contributed by atoms with Gasteiger partial charge in [0, 0.05) is 29.9 Å². The molecular formula is C18H23N3O. The first-order valence-electron chi connectivity index (χ1n) is 7.64. The predicted molar refractivity (Wildman–Crippen MR) is 91.0 cm³/mol. The summed E-state index contributed by atoms with van der Waals surface area (Å²) in [5.41, 5.74) is 1.76. The van der Waals surface area contributed by atoms with E-state index in [1.165, 1.54) is 18.5 Å². The van der Waals surface area contributed by atoms with E-state index < -0.39 is 0 Å². The van der Waals surface area contributed by atoms with Gasteiger partial charge in [0.2, 0.25) is 0 Å². The summed E-state index contributed by atoms with van der Waals surface area (Å²) in [7, 11) is 0. The van der Waals surface area contributed by atoms with Gasteiger partial charge in [0.15, 0.2) is 0 Å². The topological polar surface area (TPSA) is 57.0 Å². The van der Waals surface area contributed by atoms with E-state index in [0.717, 1.165) is 17.3 Å². The van der Waals surface area contributed by atoms with E-state index in [2.05, 4.69) is 35.0 Å². The number of anilines is 1. The van der Waals surface area contributed by atoms with Crippen LogP contribution in [0.2, 0.25) is 0 Å². The van der Waals surface area contributed by atoms with Crippen molar-refractivity contribution >= 4 is 23.2 Å². The molecular weight excluding hydrogens is 274 g/mol. The Morgan fingerprint density at radius 3 is 2.64 bits per heavy atom. The molecule has 3 rings (SSSR count). The lowest BCUT2D eigenvalue weighted by molar-refractivity contribution is -0.0979. The second kappa shape index (κ2) is 8.78. The Bertz CT molecular complexity index is 648. The van der Waals surface area contributed by atoms with E-state index in [0.29, 0.717) is 11.7 Å². The predicted octanol–water partition coefficient (Wildman–Crippen LogP) is 3.94. The van der Waals surface area contributed by atoms with Crippen LogP contribution in [0.3, 0.4) is 0 Å². The Hall–Kier alpha value is -2.41. The Morgan fingerprint density at radius 1 is 1.32 bits per heavy atom. The fourth-order valence-electron chi connectivity index (χ4n) is 2.75. The summed E-state index contributed by atoms with van der Waals surface area (Å²) < 4.78 is 0. The number of carbonyl (C=O) groups is 1. The van der Waals surface area contributed by atoms with Gasteiger partial charge < -0.3 is 9.69 Å². The lowest BCUT2D eigenvalue weighted by Gasteiger charge is -2.24. The van der Waals surface area contributed by atoms with Crippen LogP contribution in [-0.2, 0) is 4.79 Å². The average Bonchev–Trinajstić information content (AvgIpc) is 3.03. The molecule has 0 spiro atoms. The average molecular weight is 297 g/mol. The molecule has 1 aromatic heterocycles. The van der Waals surface area contributed by atoms with Gasteiger partial charge in [0.25, 0.3) is 0 Å². The zero-order valence-corrected chi connectivity index (χ0v) is 13.5. The summed E-state index contributed by atoms with van der Waals surface area (Å²) in [5.74, 6) is 0. The lowest BCUT2D eigenvalue weighted by Crippen LogP contribution is -2.26. The van der Waals surface area contributed by atoms with Gasteiger partial charge in [0.1, 0.15) is 18.6 Å². The number of pyridine rings is 1. The van der Waals surface area contributed by atoms with Gasteiger partial charge in [-0.2, -0.15) is 5.26 Å². The van der Waals surface area contributed by atoms with Crippen LogP contribution < -0.4 is 4.90 Å². The quantitative estimate of drug-likeness (QED) is 0.800. The molecule has 1 fully saturated rings. The van der Waals surface area contributed by atoms with Crippen molar-refractivity contribution in [2.75, 3.05) is 11.4 Å². The highest BCUT2D eigenvalue weighted by molar-refractivity contribution is 5.89. The van der Waals surface area contributed by atoms with Crippen molar-refractivity contribution in [3.63, 3.8) is 0 Å². The molecule has 0 unspecified atom stereocenters. The van der Waals surface area contributed by atoms with Crippen LogP contribution in [0.25, 0.3) is 10.8 Å². The van der Waals surface area contributed by atoms with E-state index in [9.17, 15) is 0 Å². The van der Waals surface area contributed by atoms with Crippen molar-refractivity contribution in [2.45, 2.75) is 39.7 Å². The fraction of sp³-hybridized carbons (Fsp3) is 0.389. The molecule has 0 amide bonds. The van der Waals surface area contributed by atoms with Crippen molar-refractivity contribution in [2.24, 2.45) is 0 Å². The first-order valence-corrected chi connectivity index (χ1v) is 7.64. The van der Waals surface area contributed by atoms with Gasteiger partial charge >= 0.3 is 0 Å². The third kappa shape index (κ3) is 3.62. The van der Waals surface area contributed by atoms with Crippen LogP contribution >= 0.6 is 0 Å². The normalized spacial score (nSPS) is 16.1. The fourth-order valence-corrected chi connectivity index (χ4v) is 2.75. The highest BCUT2D eigenvalue weighted by Crippen LogP contribution is 2.28. The zero-order chi connectivity index (χ0) is 16.5. The van der Waals surface area contributed by atoms with Gasteiger partial charge in [-0.05, 0) is 49.4 Å². The van der Waals surface area contributed by atoms with Crippen LogP contribution in [0.4, 0.5) is 5.69 Å². The zero-order valence-electron chi connectivity index (χ0n) is 13.5. The van der Waals surface area contributed by atoms with E-state index in [4.69, 9.17) is 10.1 Å². The van der Waals surface area contributed by atoms with E-state index in [1.807, 2.05) is 32.8 Å². The van der Waals surface area contributed by atoms with Crippen LogP contribution in [0.1, 0.15) is 39.3 Å². The van der Waals surface area contributed by atoms with Crippen LogP contribution in [-0.4, -0.2) is 24.4 Å². The lowest BCUT2D eigenvalue weighted by atomic mass is 10.1. The van der Waals surface area contributed by atoms with Gasteiger partial charge in [-0.25, -0.2) is 4.98 Å². The molecule has 4 heteroatoms. The molecule has 1 aromatic carbocycles. The number of aromatic nitrogens is 1. The Labute approximate surface area is 132 Å². The van der Waals surface area contributed by atoms with Crippen molar-refractivity contribution in [3.05, 3.63) is 36.2 Å². The minimum absolute atomic E-state index is 0.508. The molecule has 4 nitrogen and oxygen atoms in total. The molecule has 116 valence electrons. The molecule has 1 aliphatic rings. The highest BCUT2D eigenvalue weighted by atomic mass is 16.1. The summed E-state index contributed by atoms with van der Waals surface area (Å²) >= 11 is 0. The minimum atomic E-state index is 0.508. The summed E-state index contributed by atoms with van der Waals surface area (Å²) in [5, 5.41) is 11.1. The Balaban J connectivity index is 0.000000561. The maximum atomic E-state index is 9.04. The largest absolute Gasteiger partial charge is 0.369 e. The van der Waals surface area contributed by atoms with E-state index >= 15 is 0 Å². The molecule has 0 bridgehead atoms.